The fourth-order valence-electron chi connectivity index (χ4n) is 1.51. The lowest BCUT2D eigenvalue weighted by atomic mass is 10.2. The molecule has 0 fully saturated rings. The van der Waals surface area contributed by atoms with Crippen molar-refractivity contribution in [1.82, 2.24) is 9.29 Å². The lowest BCUT2D eigenvalue weighted by Crippen LogP contribution is -2.31. The zero-order chi connectivity index (χ0) is 13.9. The molecule has 0 spiro atoms. The molecule has 3 N–H and O–H groups in total. The van der Waals surface area contributed by atoms with Crippen LogP contribution >= 0.6 is 15.9 Å². The number of hydrogen-bond acceptors (Lipinski definition) is 5. The van der Waals surface area contributed by atoms with E-state index in [1.165, 1.54) is 23.6 Å². The van der Waals surface area contributed by atoms with Gasteiger partial charge in [-0.15, -0.1) is 0 Å². The minimum absolute atomic E-state index is 0.0579. The monoisotopic (exact) mass is 336 g/mol. The Morgan fingerprint density at radius 3 is 2.67 bits per heavy atom. The van der Waals surface area contributed by atoms with E-state index in [0.29, 0.717) is 11.0 Å². The van der Waals surface area contributed by atoms with Crippen LogP contribution in [0.4, 0.5) is 5.82 Å². The average molecular weight is 337 g/mol. The van der Waals surface area contributed by atoms with Crippen molar-refractivity contribution in [2.45, 2.75) is 18.7 Å². The van der Waals surface area contributed by atoms with Crippen LogP contribution in [0.5, 0.6) is 0 Å². The molecule has 1 heterocycles. The minimum atomic E-state index is -3.60. The van der Waals surface area contributed by atoms with Crippen LogP contribution < -0.4 is 11.3 Å². The van der Waals surface area contributed by atoms with Crippen LogP contribution in [0, 0.1) is 5.92 Å². The fourth-order valence-corrected chi connectivity index (χ4v) is 3.45. The van der Waals surface area contributed by atoms with Crippen molar-refractivity contribution >= 4 is 31.8 Å². The Bertz CT molecular complexity index is 519. The second-order valence-corrected chi connectivity index (χ2v) is 7.25. The highest BCUT2D eigenvalue weighted by molar-refractivity contribution is 9.10. The molecule has 1 rings (SSSR count). The van der Waals surface area contributed by atoms with Crippen LogP contribution in [0.25, 0.3) is 0 Å². The minimum Gasteiger partial charge on any atom is -0.307 e. The molecule has 1 aromatic heterocycles. The predicted molar refractivity (Wildman–Crippen MR) is 74.4 cm³/mol. The fraction of sp³-hybridized carbons (Fsp3) is 0.500. The van der Waals surface area contributed by atoms with Gasteiger partial charge in [-0.2, -0.15) is 0 Å². The summed E-state index contributed by atoms with van der Waals surface area (Å²) < 4.78 is 26.6. The summed E-state index contributed by atoms with van der Waals surface area (Å²) in [6, 6.07) is 1.48. The number of nitrogen functional groups attached to an aromatic ring is 1. The predicted octanol–water partition coefficient (Wildman–Crippen LogP) is 1.41. The number of nitrogens with two attached hydrogens (primary N) is 1. The molecule has 0 aromatic carbocycles. The molecule has 0 aliphatic carbocycles. The molecule has 0 amide bonds. The van der Waals surface area contributed by atoms with Crippen molar-refractivity contribution in [1.29, 1.82) is 0 Å². The first-order valence-corrected chi connectivity index (χ1v) is 7.60. The molecule has 18 heavy (non-hydrogen) atoms. The smallest absolute Gasteiger partial charge is 0.246 e. The van der Waals surface area contributed by atoms with E-state index in [1.807, 2.05) is 13.8 Å². The molecule has 102 valence electrons. The van der Waals surface area contributed by atoms with Crippen molar-refractivity contribution in [2.75, 3.05) is 19.0 Å². The summed E-state index contributed by atoms with van der Waals surface area (Å²) in [7, 11) is -2.06. The largest absolute Gasteiger partial charge is 0.307 e. The third-order valence-corrected chi connectivity index (χ3v) is 4.54. The number of sulfonamides is 1. The number of halogens is 1. The van der Waals surface area contributed by atoms with Gasteiger partial charge in [-0.3, -0.25) is 0 Å². The molecule has 0 saturated carbocycles. The van der Waals surface area contributed by atoms with Crippen LogP contribution in [-0.4, -0.2) is 31.3 Å². The van der Waals surface area contributed by atoms with Gasteiger partial charge in [0.15, 0.2) is 5.82 Å². The summed E-state index contributed by atoms with van der Waals surface area (Å²) in [6.07, 6.45) is 1.48. The number of rotatable bonds is 5. The molecule has 1 aromatic rings. The number of pyridine rings is 1. The molecule has 8 heteroatoms. The molecular weight excluding hydrogens is 320 g/mol. The standard InChI is InChI=1S/C10H17BrN4O2S/c1-7(2)6-15(3)18(16,17)9-4-8(11)5-13-10(9)14-12/h4-5,7H,6,12H2,1-3H3,(H,13,14). The second kappa shape index (κ2) is 5.96. The van der Waals surface area contributed by atoms with Gasteiger partial charge in [0.2, 0.25) is 10.0 Å². The maximum atomic E-state index is 12.4. The van der Waals surface area contributed by atoms with Crippen molar-refractivity contribution in [3.8, 4) is 0 Å². The zero-order valence-corrected chi connectivity index (χ0v) is 12.9. The topological polar surface area (TPSA) is 88.3 Å². The molecule has 0 unspecified atom stereocenters. The Morgan fingerprint density at radius 2 is 2.17 bits per heavy atom. The van der Waals surface area contributed by atoms with Crippen LogP contribution in [0.1, 0.15) is 13.8 Å². The van der Waals surface area contributed by atoms with Crippen molar-refractivity contribution in [3.05, 3.63) is 16.7 Å². The van der Waals surface area contributed by atoms with Gasteiger partial charge >= 0.3 is 0 Å². The molecule has 0 atom stereocenters. The summed E-state index contributed by atoms with van der Waals surface area (Å²) in [6.45, 7) is 4.33. The van der Waals surface area contributed by atoms with Crippen LogP contribution in [-0.2, 0) is 10.0 Å². The van der Waals surface area contributed by atoms with Crippen molar-refractivity contribution in [3.63, 3.8) is 0 Å². The summed E-state index contributed by atoms with van der Waals surface area (Å²) in [4.78, 5) is 3.99. The van der Waals surface area contributed by atoms with Crippen LogP contribution in [0.2, 0.25) is 0 Å². The molecule has 0 bridgehead atoms. The Hall–Kier alpha value is -0.700. The van der Waals surface area contributed by atoms with E-state index in [4.69, 9.17) is 5.84 Å². The third-order valence-electron chi connectivity index (χ3n) is 2.27. The molecular formula is C10H17BrN4O2S. The maximum Gasteiger partial charge on any atom is 0.246 e. The highest BCUT2D eigenvalue weighted by atomic mass is 79.9. The highest BCUT2D eigenvalue weighted by Crippen LogP contribution is 2.25. The van der Waals surface area contributed by atoms with Gasteiger partial charge in [-0.25, -0.2) is 23.5 Å². The third kappa shape index (κ3) is 3.41. The van der Waals surface area contributed by atoms with E-state index in [0.717, 1.165) is 0 Å². The van der Waals surface area contributed by atoms with Gasteiger partial charge in [-0.05, 0) is 27.9 Å². The van der Waals surface area contributed by atoms with Gasteiger partial charge in [0.1, 0.15) is 4.90 Å². The van der Waals surface area contributed by atoms with E-state index in [-0.39, 0.29) is 16.6 Å². The number of nitrogens with zero attached hydrogens (tertiary/aromatic N) is 2. The second-order valence-electron chi connectivity index (χ2n) is 4.32. The number of hydrogen-bond donors (Lipinski definition) is 2. The number of hydrazine groups is 1. The number of nitrogens with one attached hydrogen (secondary N) is 1. The highest BCUT2D eigenvalue weighted by Gasteiger charge is 2.25. The van der Waals surface area contributed by atoms with Gasteiger partial charge < -0.3 is 5.43 Å². The van der Waals surface area contributed by atoms with E-state index < -0.39 is 10.0 Å². The SMILES string of the molecule is CC(C)CN(C)S(=O)(=O)c1cc(Br)cnc1NN. The summed E-state index contributed by atoms with van der Waals surface area (Å²) in [5.41, 5.74) is 2.30. The van der Waals surface area contributed by atoms with Crippen LogP contribution in [0.15, 0.2) is 21.6 Å². The molecule has 6 nitrogen and oxygen atoms in total. The quantitative estimate of drug-likeness (QED) is 0.626. The normalized spacial score (nSPS) is 12.2. The molecule has 0 aliphatic rings. The molecule has 0 aliphatic heterocycles. The Labute approximate surface area is 116 Å². The maximum absolute atomic E-state index is 12.4. The lowest BCUT2D eigenvalue weighted by Gasteiger charge is -2.20. The number of anilines is 1. The lowest BCUT2D eigenvalue weighted by molar-refractivity contribution is 0.417. The van der Waals surface area contributed by atoms with Crippen LogP contribution in [0.3, 0.4) is 0 Å². The summed E-state index contributed by atoms with van der Waals surface area (Å²) >= 11 is 3.20. The van der Waals surface area contributed by atoms with E-state index in [1.54, 1.807) is 0 Å². The van der Waals surface area contributed by atoms with Crippen molar-refractivity contribution < 1.29 is 8.42 Å². The average Bonchev–Trinajstić information content (AvgIpc) is 2.28. The van der Waals surface area contributed by atoms with Gasteiger partial charge in [0.25, 0.3) is 0 Å². The van der Waals surface area contributed by atoms with E-state index in [9.17, 15) is 8.42 Å². The zero-order valence-electron chi connectivity index (χ0n) is 10.5. The van der Waals surface area contributed by atoms with Crippen molar-refractivity contribution in [2.24, 2.45) is 11.8 Å². The first-order valence-electron chi connectivity index (χ1n) is 5.37. The van der Waals surface area contributed by atoms with Gasteiger partial charge in [-0.1, -0.05) is 13.8 Å². The number of aromatic nitrogens is 1. The van der Waals surface area contributed by atoms with E-state index >= 15 is 0 Å². The summed E-state index contributed by atoms with van der Waals surface area (Å²) in [5, 5.41) is 0. The first-order chi connectivity index (χ1) is 8.28. The Kier molecular flexibility index (Phi) is 5.09. The Morgan fingerprint density at radius 1 is 1.56 bits per heavy atom. The van der Waals surface area contributed by atoms with E-state index in [2.05, 4.69) is 26.3 Å². The van der Waals surface area contributed by atoms with Gasteiger partial charge in [0, 0.05) is 24.3 Å². The molecule has 0 radical (unpaired) electrons. The first kappa shape index (κ1) is 15.4. The summed E-state index contributed by atoms with van der Waals surface area (Å²) in [5.74, 6) is 5.66. The Balaban J connectivity index is 3.23. The molecule has 0 saturated heterocycles. The van der Waals surface area contributed by atoms with Gasteiger partial charge in [0.05, 0.1) is 0 Å².